The average molecular weight is 354 g/mol. The first-order chi connectivity index (χ1) is 12.7. The lowest BCUT2D eigenvalue weighted by atomic mass is 10.1. The number of ether oxygens (including phenoxy) is 1. The lowest BCUT2D eigenvalue weighted by Crippen LogP contribution is -2.38. The summed E-state index contributed by atoms with van der Waals surface area (Å²) in [5.74, 6) is 1.14. The molecule has 0 spiro atoms. The smallest absolute Gasteiger partial charge is 0.133 e. The van der Waals surface area contributed by atoms with Gasteiger partial charge in [0.05, 0.1) is 18.7 Å². The number of fused-ring (bicyclic) bond motifs is 1. The van der Waals surface area contributed by atoms with Crippen LogP contribution in [0, 0.1) is 6.92 Å². The van der Waals surface area contributed by atoms with Crippen molar-refractivity contribution in [3.8, 4) is 0 Å². The van der Waals surface area contributed by atoms with E-state index in [2.05, 4.69) is 41.0 Å². The Bertz CT molecular complexity index is 757. The van der Waals surface area contributed by atoms with E-state index >= 15 is 0 Å². The Labute approximate surface area is 156 Å². The fraction of sp³-hybridized carbons (Fsp3) is 0.571. The fourth-order valence-corrected chi connectivity index (χ4v) is 4.06. The van der Waals surface area contributed by atoms with Crippen LogP contribution in [0.5, 0.6) is 0 Å². The van der Waals surface area contributed by atoms with Crippen LogP contribution < -0.4 is 10.6 Å². The standard InChI is InChI=1S/C21H30N4O/c1-16-4-5-17-14-18(15-24-7-2-3-19(22)6-8-24)21(23-20(17)13-16)25-9-11-26-12-10-25/h4-5,13-14,19H,2-3,6-12,15,22H2,1H3/t19-/m1/s1. The number of nitrogens with zero attached hydrogens (tertiary/aromatic N) is 3. The Morgan fingerprint density at radius 3 is 2.81 bits per heavy atom. The fourth-order valence-electron chi connectivity index (χ4n) is 4.06. The number of rotatable bonds is 3. The first-order valence-electron chi connectivity index (χ1n) is 9.90. The van der Waals surface area contributed by atoms with Gasteiger partial charge in [-0.2, -0.15) is 0 Å². The number of anilines is 1. The minimum atomic E-state index is 0.358. The lowest BCUT2D eigenvalue weighted by Gasteiger charge is -2.31. The zero-order chi connectivity index (χ0) is 17.9. The highest BCUT2D eigenvalue weighted by molar-refractivity contribution is 5.82. The van der Waals surface area contributed by atoms with Crippen molar-refractivity contribution in [3.05, 3.63) is 35.4 Å². The molecule has 1 aromatic carbocycles. The molecular formula is C21H30N4O. The highest BCUT2D eigenvalue weighted by Gasteiger charge is 2.20. The molecule has 4 rings (SSSR count). The lowest BCUT2D eigenvalue weighted by molar-refractivity contribution is 0.122. The summed E-state index contributed by atoms with van der Waals surface area (Å²) in [6.07, 6.45) is 3.42. The van der Waals surface area contributed by atoms with Crippen molar-refractivity contribution in [3.63, 3.8) is 0 Å². The van der Waals surface area contributed by atoms with Crippen LogP contribution in [0.25, 0.3) is 10.9 Å². The molecule has 0 bridgehead atoms. The summed E-state index contributed by atoms with van der Waals surface area (Å²) in [6, 6.07) is 9.26. The Morgan fingerprint density at radius 2 is 1.96 bits per heavy atom. The number of morpholine rings is 1. The topological polar surface area (TPSA) is 54.6 Å². The Balaban J connectivity index is 1.67. The maximum Gasteiger partial charge on any atom is 0.133 e. The van der Waals surface area contributed by atoms with Gasteiger partial charge in [0.25, 0.3) is 0 Å². The van der Waals surface area contributed by atoms with E-state index in [0.29, 0.717) is 6.04 Å². The highest BCUT2D eigenvalue weighted by atomic mass is 16.5. The molecule has 2 N–H and O–H groups in total. The molecule has 3 heterocycles. The molecule has 2 aliphatic rings. The molecule has 140 valence electrons. The zero-order valence-corrected chi connectivity index (χ0v) is 15.8. The van der Waals surface area contributed by atoms with Gasteiger partial charge < -0.3 is 15.4 Å². The SMILES string of the molecule is Cc1ccc2cc(CN3CCC[C@@H](N)CC3)c(N3CCOCC3)nc2c1. The van der Waals surface area contributed by atoms with E-state index in [0.717, 1.165) is 70.1 Å². The molecule has 2 aromatic rings. The number of nitrogens with two attached hydrogens (primary N) is 1. The van der Waals surface area contributed by atoms with Crippen LogP contribution in [0.2, 0.25) is 0 Å². The number of hydrogen-bond acceptors (Lipinski definition) is 5. The minimum Gasteiger partial charge on any atom is -0.378 e. The number of aromatic nitrogens is 1. The molecule has 2 fully saturated rings. The van der Waals surface area contributed by atoms with Gasteiger partial charge >= 0.3 is 0 Å². The molecule has 2 saturated heterocycles. The highest BCUT2D eigenvalue weighted by Crippen LogP contribution is 2.27. The largest absolute Gasteiger partial charge is 0.378 e. The van der Waals surface area contributed by atoms with Crippen LogP contribution >= 0.6 is 0 Å². The third-order valence-corrected chi connectivity index (χ3v) is 5.60. The number of benzene rings is 1. The summed E-state index contributed by atoms with van der Waals surface area (Å²) < 4.78 is 5.55. The third-order valence-electron chi connectivity index (χ3n) is 5.60. The molecule has 1 aromatic heterocycles. The first-order valence-corrected chi connectivity index (χ1v) is 9.90. The van der Waals surface area contributed by atoms with E-state index in [1.54, 1.807) is 0 Å². The minimum absolute atomic E-state index is 0.358. The molecule has 0 radical (unpaired) electrons. The summed E-state index contributed by atoms with van der Waals surface area (Å²) in [5, 5.41) is 1.23. The van der Waals surface area contributed by atoms with Crippen LogP contribution in [0.4, 0.5) is 5.82 Å². The number of aryl methyl sites for hydroxylation is 1. The van der Waals surface area contributed by atoms with Crippen molar-refractivity contribution < 1.29 is 4.74 Å². The number of likely N-dealkylation sites (tertiary alicyclic amines) is 1. The van der Waals surface area contributed by atoms with Crippen molar-refractivity contribution >= 4 is 16.7 Å². The van der Waals surface area contributed by atoms with Crippen molar-refractivity contribution in [1.29, 1.82) is 0 Å². The zero-order valence-electron chi connectivity index (χ0n) is 15.8. The van der Waals surface area contributed by atoms with Gasteiger partial charge in [0, 0.05) is 36.6 Å². The Morgan fingerprint density at radius 1 is 1.12 bits per heavy atom. The molecular weight excluding hydrogens is 324 g/mol. The quantitative estimate of drug-likeness (QED) is 0.918. The predicted octanol–water partition coefficient (Wildman–Crippen LogP) is 2.69. The van der Waals surface area contributed by atoms with E-state index < -0.39 is 0 Å². The molecule has 1 atom stereocenters. The Kier molecular flexibility index (Phi) is 5.38. The van der Waals surface area contributed by atoms with Crippen LogP contribution in [-0.4, -0.2) is 55.3 Å². The molecule has 0 unspecified atom stereocenters. The van der Waals surface area contributed by atoms with Gasteiger partial charge in [-0.25, -0.2) is 4.98 Å². The van der Waals surface area contributed by atoms with Gasteiger partial charge in [-0.1, -0.05) is 12.1 Å². The summed E-state index contributed by atoms with van der Waals surface area (Å²) >= 11 is 0. The number of pyridine rings is 1. The molecule has 0 aliphatic carbocycles. The molecule has 2 aliphatic heterocycles. The van der Waals surface area contributed by atoms with Crippen LogP contribution in [0.3, 0.4) is 0 Å². The molecule has 26 heavy (non-hydrogen) atoms. The van der Waals surface area contributed by atoms with Crippen LogP contribution in [-0.2, 0) is 11.3 Å². The van der Waals surface area contributed by atoms with Gasteiger partial charge in [-0.3, -0.25) is 4.90 Å². The molecule has 0 saturated carbocycles. The van der Waals surface area contributed by atoms with Crippen LogP contribution in [0.1, 0.15) is 30.4 Å². The van der Waals surface area contributed by atoms with E-state index in [9.17, 15) is 0 Å². The van der Waals surface area contributed by atoms with Crippen molar-refractivity contribution in [2.75, 3.05) is 44.3 Å². The predicted molar refractivity (Wildman–Crippen MR) is 107 cm³/mol. The second-order valence-corrected chi connectivity index (χ2v) is 7.73. The summed E-state index contributed by atoms with van der Waals surface area (Å²) in [7, 11) is 0. The number of hydrogen-bond donors (Lipinski definition) is 1. The van der Waals surface area contributed by atoms with E-state index in [4.69, 9.17) is 15.5 Å². The summed E-state index contributed by atoms with van der Waals surface area (Å²) in [4.78, 5) is 10.0. The second kappa shape index (κ2) is 7.91. The normalized spacial score (nSPS) is 22.5. The van der Waals surface area contributed by atoms with Gasteiger partial charge in [0.1, 0.15) is 5.82 Å². The summed E-state index contributed by atoms with van der Waals surface area (Å²) in [6.45, 7) is 8.69. The van der Waals surface area contributed by atoms with Crippen molar-refractivity contribution in [1.82, 2.24) is 9.88 Å². The van der Waals surface area contributed by atoms with Crippen LogP contribution in [0.15, 0.2) is 24.3 Å². The van der Waals surface area contributed by atoms with Gasteiger partial charge in [-0.15, -0.1) is 0 Å². The third kappa shape index (κ3) is 4.00. The van der Waals surface area contributed by atoms with Gasteiger partial charge in [0.15, 0.2) is 0 Å². The van der Waals surface area contributed by atoms with Gasteiger partial charge in [0.2, 0.25) is 0 Å². The second-order valence-electron chi connectivity index (χ2n) is 7.73. The maximum atomic E-state index is 6.16. The first kappa shape index (κ1) is 17.7. The monoisotopic (exact) mass is 354 g/mol. The van der Waals surface area contributed by atoms with Crippen molar-refractivity contribution in [2.45, 2.75) is 38.8 Å². The van der Waals surface area contributed by atoms with E-state index in [1.807, 2.05) is 0 Å². The molecule has 5 nitrogen and oxygen atoms in total. The molecule has 0 amide bonds. The van der Waals surface area contributed by atoms with E-state index in [-0.39, 0.29) is 0 Å². The summed E-state index contributed by atoms with van der Waals surface area (Å²) in [5.41, 5.74) is 9.84. The molecule has 5 heteroatoms. The maximum absolute atomic E-state index is 6.16. The average Bonchev–Trinajstić information content (AvgIpc) is 2.86. The van der Waals surface area contributed by atoms with E-state index in [1.165, 1.54) is 22.9 Å². The van der Waals surface area contributed by atoms with Gasteiger partial charge in [-0.05, 0) is 57.0 Å². The Hall–Kier alpha value is -1.69. The van der Waals surface area contributed by atoms with Crippen molar-refractivity contribution in [2.24, 2.45) is 5.73 Å².